The van der Waals surface area contributed by atoms with E-state index in [0.29, 0.717) is 17.7 Å². The van der Waals surface area contributed by atoms with E-state index in [4.69, 9.17) is 32.7 Å². The Kier molecular flexibility index (Phi) is 8.41. The van der Waals surface area contributed by atoms with Crippen LogP contribution in [0.2, 0.25) is 10.0 Å². The van der Waals surface area contributed by atoms with Crippen molar-refractivity contribution in [2.45, 2.75) is 12.5 Å². The Labute approximate surface area is 176 Å². The lowest BCUT2D eigenvalue weighted by Gasteiger charge is -2.18. The third-order valence-electron chi connectivity index (χ3n) is 3.67. The number of nitrogens with one attached hydrogen (secondary N) is 1. The van der Waals surface area contributed by atoms with Crippen molar-refractivity contribution in [3.8, 4) is 5.75 Å². The topological polar surface area (TPSA) is 64.6 Å². The minimum absolute atomic E-state index is 0.115. The van der Waals surface area contributed by atoms with Crippen LogP contribution in [0.1, 0.15) is 15.9 Å². The van der Waals surface area contributed by atoms with Gasteiger partial charge in [0.05, 0.1) is 29.3 Å². The lowest BCUT2D eigenvalue weighted by Crippen LogP contribution is -2.43. The molecule has 0 heterocycles. The number of methoxy groups -OCH3 is 1. The van der Waals surface area contributed by atoms with Crippen molar-refractivity contribution in [2.75, 3.05) is 19.0 Å². The van der Waals surface area contributed by atoms with Crippen LogP contribution in [0.15, 0.2) is 42.5 Å². The molecule has 0 radical (unpaired) electrons. The number of hydrogen-bond donors (Lipinski definition) is 1. The third-order valence-corrected chi connectivity index (χ3v) is 4.62. The van der Waals surface area contributed by atoms with Crippen molar-refractivity contribution >= 4 is 51.0 Å². The van der Waals surface area contributed by atoms with Crippen LogP contribution in [0.4, 0.5) is 0 Å². The Morgan fingerprint density at radius 2 is 1.81 bits per heavy atom. The van der Waals surface area contributed by atoms with Crippen molar-refractivity contribution in [1.29, 1.82) is 0 Å². The van der Waals surface area contributed by atoms with Gasteiger partial charge < -0.3 is 14.8 Å². The zero-order chi connectivity index (χ0) is 19.8. The van der Waals surface area contributed by atoms with Gasteiger partial charge in [-0.15, -0.1) is 0 Å². The molecule has 0 saturated heterocycles. The number of carbonyl (C=O) groups is 2. The predicted octanol–water partition coefficient (Wildman–Crippen LogP) is 4.28. The lowest BCUT2D eigenvalue weighted by molar-refractivity contribution is -0.142. The molecule has 5 nitrogen and oxygen atoms in total. The van der Waals surface area contributed by atoms with Crippen LogP contribution in [0.5, 0.6) is 5.75 Å². The monoisotopic (exact) mass is 473 g/mol. The summed E-state index contributed by atoms with van der Waals surface area (Å²) in [4.78, 5) is 24.8. The number of carbonyl (C=O) groups excluding carboxylic acids is 2. The Bertz CT molecular complexity index is 796. The first-order valence-electron chi connectivity index (χ1n) is 8.06. The fourth-order valence-electron chi connectivity index (χ4n) is 2.44. The van der Waals surface area contributed by atoms with E-state index in [0.717, 1.165) is 5.56 Å². The van der Waals surface area contributed by atoms with Gasteiger partial charge in [-0.25, -0.2) is 4.79 Å². The Morgan fingerprint density at radius 3 is 2.44 bits per heavy atom. The van der Waals surface area contributed by atoms with Crippen molar-refractivity contribution in [3.63, 3.8) is 0 Å². The zero-order valence-corrected chi connectivity index (χ0v) is 17.6. The van der Waals surface area contributed by atoms with Crippen LogP contribution >= 0.6 is 39.1 Å². The maximum Gasteiger partial charge on any atom is 0.328 e. The molecule has 0 bridgehead atoms. The number of benzene rings is 2. The van der Waals surface area contributed by atoms with Crippen LogP contribution in [-0.2, 0) is 16.0 Å². The number of esters is 1. The number of ether oxygens (including phenoxy) is 2. The predicted molar refractivity (Wildman–Crippen MR) is 109 cm³/mol. The molecule has 0 unspecified atom stereocenters. The highest BCUT2D eigenvalue weighted by Crippen LogP contribution is 2.24. The van der Waals surface area contributed by atoms with Crippen LogP contribution < -0.4 is 10.1 Å². The molecule has 2 rings (SSSR count). The van der Waals surface area contributed by atoms with Gasteiger partial charge in [0.25, 0.3) is 5.91 Å². The molecule has 144 valence electrons. The first-order valence-corrected chi connectivity index (χ1v) is 9.94. The van der Waals surface area contributed by atoms with E-state index < -0.39 is 17.9 Å². The molecule has 0 aliphatic heterocycles. The van der Waals surface area contributed by atoms with E-state index >= 15 is 0 Å². The molecule has 27 heavy (non-hydrogen) atoms. The molecule has 0 aliphatic carbocycles. The first kappa shape index (κ1) is 21.5. The molecule has 8 heteroatoms. The second kappa shape index (κ2) is 10.5. The average molecular weight is 475 g/mol. The van der Waals surface area contributed by atoms with Crippen LogP contribution in [0.3, 0.4) is 0 Å². The van der Waals surface area contributed by atoms with Crippen molar-refractivity contribution in [2.24, 2.45) is 0 Å². The molecular weight excluding hydrogens is 457 g/mol. The standard InChI is InChI=1S/C19H18BrCl2NO4/c1-26-19(25)16(11-12-4-2-5-13(10-12)27-9-8-20)23-18(24)17-14(21)6-3-7-15(17)22/h2-7,10,16H,8-9,11H2,1H3,(H,23,24)/t16-/m0/s1. The summed E-state index contributed by atoms with van der Waals surface area (Å²) in [7, 11) is 1.26. The van der Waals surface area contributed by atoms with E-state index in [1.165, 1.54) is 7.11 Å². The number of amides is 1. The SMILES string of the molecule is COC(=O)[C@H](Cc1cccc(OCCBr)c1)NC(=O)c1c(Cl)cccc1Cl. The summed E-state index contributed by atoms with van der Waals surface area (Å²) in [5.74, 6) is -0.443. The van der Waals surface area contributed by atoms with E-state index in [9.17, 15) is 9.59 Å². The van der Waals surface area contributed by atoms with E-state index in [2.05, 4.69) is 21.2 Å². The smallest absolute Gasteiger partial charge is 0.328 e. The molecule has 0 fully saturated rings. The quantitative estimate of drug-likeness (QED) is 0.458. The van der Waals surface area contributed by atoms with Gasteiger partial charge in [0.2, 0.25) is 0 Å². The van der Waals surface area contributed by atoms with Crippen LogP contribution in [-0.4, -0.2) is 37.0 Å². The van der Waals surface area contributed by atoms with Gasteiger partial charge in [0.1, 0.15) is 11.8 Å². The van der Waals surface area contributed by atoms with Gasteiger partial charge in [-0.3, -0.25) is 4.79 Å². The fraction of sp³-hybridized carbons (Fsp3) is 0.263. The van der Waals surface area contributed by atoms with E-state index in [1.807, 2.05) is 24.3 Å². The highest BCUT2D eigenvalue weighted by molar-refractivity contribution is 9.09. The summed E-state index contributed by atoms with van der Waals surface area (Å²) in [6, 6.07) is 11.1. The lowest BCUT2D eigenvalue weighted by atomic mass is 10.0. The fourth-order valence-corrected chi connectivity index (χ4v) is 3.17. The van der Waals surface area contributed by atoms with Gasteiger partial charge in [0, 0.05) is 11.8 Å². The highest BCUT2D eigenvalue weighted by Gasteiger charge is 2.25. The number of rotatable bonds is 8. The summed E-state index contributed by atoms with van der Waals surface area (Å²) in [6.45, 7) is 0.519. The largest absolute Gasteiger partial charge is 0.493 e. The number of halogens is 3. The van der Waals surface area contributed by atoms with E-state index in [1.54, 1.807) is 18.2 Å². The molecule has 0 saturated carbocycles. The van der Waals surface area contributed by atoms with Gasteiger partial charge in [-0.2, -0.15) is 0 Å². The highest BCUT2D eigenvalue weighted by atomic mass is 79.9. The molecule has 1 atom stereocenters. The molecule has 0 aromatic heterocycles. The summed E-state index contributed by atoms with van der Waals surface area (Å²) < 4.78 is 10.4. The summed E-state index contributed by atoms with van der Waals surface area (Å²) in [5.41, 5.74) is 0.923. The Balaban J connectivity index is 2.19. The van der Waals surface area contributed by atoms with Crippen LogP contribution in [0, 0.1) is 0 Å². The van der Waals surface area contributed by atoms with Crippen LogP contribution in [0.25, 0.3) is 0 Å². The molecule has 2 aromatic rings. The molecule has 2 aromatic carbocycles. The van der Waals surface area contributed by atoms with E-state index in [-0.39, 0.29) is 22.0 Å². The minimum atomic E-state index is -0.902. The maximum atomic E-state index is 12.6. The molecular formula is C19H18BrCl2NO4. The number of hydrogen-bond acceptors (Lipinski definition) is 4. The average Bonchev–Trinajstić information content (AvgIpc) is 2.65. The van der Waals surface area contributed by atoms with Gasteiger partial charge in [0.15, 0.2) is 0 Å². The molecule has 1 amide bonds. The zero-order valence-electron chi connectivity index (χ0n) is 14.5. The summed E-state index contributed by atoms with van der Waals surface area (Å²) in [6.07, 6.45) is 0.228. The van der Waals surface area contributed by atoms with Gasteiger partial charge in [-0.05, 0) is 29.8 Å². The van der Waals surface area contributed by atoms with Crippen molar-refractivity contribution in [3.05, 3.63) is 63.6 Å². The molecule has 1 N–H and O–H groups in total. The second-order valence-corrected chi connectivity index (χ2v) is 7.14. The summed E-state index contributed by atoms with van der Waals surface area (Å²) >= 11 is 15.4. The normalized spacial score (nSPS) is 11.6. The molecule has 0 spiro atoms. The minimum Gasteiger partial charge on any atom is -0.493 e. The molecule has 0 aliphatic rings. The third kappa shape index (κ3) is 6.13. The van der Waals surface area contributed by atoms with Gasteiger partial charge >= 0.3 is 5.97 Å². The first-order chi connectivity index (χ1) is 13.0. The Morgan fingerprint density at radius 1 is 1.15 bits per heavy atom. The van der Waals surface area contributed by atoms with Gasteiger partial charge in [-0.1, -0.05) is 57.3 Å². The summed E-state index contributed by atoms with van der Waals surface area (Å²) in [5, 5.41) is 3.76. The van der Waals surface area contributed by atoms with Crippen molar-refractivity contribution in [1.82, 2.24) is 5.32 Å². The second-order valence-electron chi connectivity index (χ2n) is 5.53. The maximum absolute atomic E-state index is 12.6. The van der Waals surface area contributed by atoms with Crippen molar-refractivity contribution < 1.29 is 19.1 Å². The Hall–Kier alpha value is -1.76. The number of alkyl halides is 1.